The Balaban J connectivity index is 1.98. The predicted molar refractivity (Wildman–Crippen MR) is 71.8 cm³/mol. The number of imidazole rings is 1. The van der Waals surface area contributed by atoms with Gasteiger partial charge in [0.15, 0.2) is 0 Å². The summed E-state index contributed by atoms with van der Waals surface area (Å²) in [5, 5.41) is 6.28. The van der Waals surface area contributed by atoms with Crippen LogP contribution in [0.1, 0.15) is 44.8 Å². The molecule has 2 atom stereocenters. The lowest BCUT2D eigenvalue weighted by Crippen LogP contribution is -2.41. The number of aromatic amines is 1. The number of hydrogen-bond donors (Lipinski definition) is 3. The second-order valence-electron chi connectivity index (χ2n) is 5.90. The number of H-pyrrole nitrogens is 1. The fourth-order valence-electron chi connectivity index (χ4n) is 2.24. The molecule has 6 nitrogen and oxygen atoms in total. The molecule has 106 valence electrons. The van der Waals surface area contributed by atoms with Crippen molar-refractivity contribution in [2.75, 3.05) is 6.54 Å². The third-order valence-electron chi connectivity index (χ3n) is 2.98. The monoisotopic (exact) mass is 266 g/mol. The molecule has 6 heteroatoms. The van der Waals surface area contributed by atoms with Crippen LogP contribution in [-0.4, -0.2) is 34.2 Å². The number of ether oxygens (including phenoxy) is 1. The number of carbonyl (C=O) groups excluding carboxylic acids is 1. The van der Waals surface area contributed by atoms with Crippen LogP contribution in [-0.2, 0) is 4.74 Å². The van der Waals surface area contributed by atoms with E-state index < -0.39 is 5.60 Å². The van der Waals surface area contributed by atoms with E-state index in [1.165, 1.54) is 0 Å². The van der Waals surface area contributed by atoms with Gasteiger partial charge in [-0.1, -0.05) is 0 Å². The topological polar surface area (TPSA) is 79.0 Å². The van der Waals surface area contributed by atoms with Crippen LogP contribution in [0.25, 0.3) is 0 Å². The normalized spacial score (nSPS) is 23.4. The van der Waals surface area contributed by atoms with Crippen molar-refractivity contribution < 1.29 is 9.53 Å². The quantitative estimate of drug-likeness (QED) is 0.760. The van der Waals surface area contributed by atoms with E-state index >= 15 is 0 Å². The van der Waals surface area contributed by atoms with Gasteiger partial charge in [0, 0.05) is 6.20 Å². The Bertz CT molecular complexity index is 450. The molecule has 1 aliphatic rings. The van der Waals surface area contributed by atoms with Crippen LogP contribution in [0, 0.1) is 6.92 Å². The average molecular weight is 266 g/mol. The Kier molecular flexibility index (Phi) is 3.80. The zero-order valence-corrected chi connectivity index (χ0v) is 11.9. The van der Waals surface area contributed by atoms with Crippen LogP contribution >= 0.6 is 0 Å². The van der Waals surface area contributed by atoms with Gasteiger partial charge in [-0.05, 0) is 40.7 Å². The van der Waals surface area contributed by atoms with Crippen LogP contribution in [0.4, 0.5) is 4.79 Å². The van der Waals surface area contributed by atoms with Gasteiger partial charge in [0.05, 0.1) is 17.8 Å². The van der Waals surface area contributed by atoms with Crippen molar-refractivity contribution in [3.8, 4) is 0 Å². The van der Waals surface area contributed by atoms with Gasteiger partial charge in [-0.2, -0.15) is 0 Å². The molecule has 0 aromatic carbocycles. The molecule has 19 heavy (non-hydrogen) atoms. The molecule has 0 spiro atoms. The zero-order valence-electron chi connectivity index (χ0n) is 11.9. The predicted octanol–water partition coefficient (Wildman–Crippen LogP) is 1.65. The van der Waals surface area contributed by atoms with Gasteiger partial charge in [-0.25, -0.2) is 9.78 Å². The van der Waals surface area contributed by atoms with Gasteiger partial charge in [0.25, 0.3) is 0 Å². The average Bonchev–Trinajstić information content (AvgIpc) is 2.83. The molecule has 1 fully saturated rings. The first-order valence-electron chi connectivity index (χ1n) is 6.59. The second-order valence-corrected chi connectivity index (χ2v) is 5.90. The summed E-state index contributed by atoms with van der Waals surface area (Å²) in [6.07, 6.45) is 2.31. The molecular weight excluding hydrogens is 244 g/mol. The number of hydrogen-bond acceptors (Lipinski definition) is 4. The molecule has 1 amide bonds. The molecular formula is C13H22N4O2. The van der Waals surface area contributed by atoms with E-state index in [9.17, 15) is 4.79 Å². The maximum Gasteiger partial charge on any atom is 0.407 e. The van der Waals surface area contributed by atoms with Crippen LogP contribution in [0.2, 0.25) is 0 Å². The molecule has 1 saturated heterocycles. The first kappa shape index (κ1) is 13.9. The number of carbonyl (C=O) groups is 1. The molecule has 0 radical (unpaired) electrons. The van der Waals surface area contributed by atoms with Crippen molar-refractivity contribution in [1.29, 1.82) is 0 Å². The van der Waals surface area contributed by atoms with E-state index in [1.54, 1.807) is 0 Å². The molecule has 0 saturated carbocycles. The maximum absolute atomic E-state index is 11.8. The largest absolute Gasteiger partial charge is 0.444 e. The van der Waals surface area contributed by atoms with E-state index in [2.05, 4.69) is 20.6 Å². The zero-order chi connectivity index (χ0) is 14.0. The van der Waals surface area contributed by atoms with E-state index in [0.717, 1.165) is 24.5 Å². The van der Waals surface area contributed by atoms with E-state index in [4.69, 9.17) is 4.74 Å². The number of nitrogens with one attached hydrogen (secondary N) is 3. The summed E-state index contributed by atoms with van der Waals surface area (Å²) in [5.41, 5.74) is 0.520. The summed E-state index contributed by atoms with van der Waals surface area (Å²) >= 11 is 0. The Morgan fingerprint density at radius 1 is 1.53 bits per heavy atom. The Hall–Kier alpha value is -1.56. The van der Waals surface area contributed by atoms with Gasteiger partial charge in [0.2, 0.25) is 0 Å². The Labute approximate surface area is 113 Å². The molecule has 0 bridgehead atoms. The number of alkyl carbamates (subject to hydrolysis) is 1. The number of amides is 1. The van der Waals surface area contributed by atoms with Crippen molar-refractivity contribution >= 4 is 6.09 Å². The third-order valence-corrected chi connectivity index (χ3v) is 2.98. The summed E-state index contributed by atoms with van der Waals surface area (Å²) in [4.78, 5) is 19.2. The molecule has 1 aliphatic heterocycles. The fourth-order valence-corrected chi connectivity index (χ4v) is 2.24. The standard InChI is InChI=1S/C13H22N4O2/c1-8-15-7-10(16-8)11-9(5-6-14-11)17-12(18)19-13(2,3)4/h7,9,11,14H,5-6H2,1-4H3,(H,15,16)(H,17,18)/t9-,11-/m1/s1. The van der Waals surface area contributed by atoms with Gasteiger partial charge in [-0.15, -0.1) is 0 Å². The lowest BCUT2D eigenvalue weighted by molar-refractivity contribution is 0.0500. The van der Waals surface area contributed by atoms with E-state index in [0.29, 0.717) is 0 Å². The van der Waals surface area contributed by atoms with Gasteiger partial charge < -0.3 is 20.4 Å². The highest BCUT2D eigenvalue weighted by Crippen LogP contribution is 2.22. The minimum Gasteiger partial charge on any atom is -0.444 e. The van der Waals surface area contributed by atoms with Gasteiger partial charge >= 0.3 is 6.09 Å². The lowest BCUT2D eigenvalue weighted by atomic mass is 10.1. The number of nitrogens with zero attached hydrogens (tertiary/aromatic N) is 1. The van der Waals surface area contributed by atoms with Crippen molar-refractivity contribution in [2.45, 2.75) is 51.8 Å². The van der Waals surface area contributed by atoms with Crippen molar-refractivity contribution in [1.82, 2.24) is 20.6 Å². The number of rotatable bonds is 2. The fraction of sp³-hybridized carbons (Fsp3) is 0.692. The van der Waals surface area contributed by atoms with Crippen molar-refractivity contribution in [3.63, 3.8) is 0 Å². The highest BCUT2D eigenvalue weighted by atomic mass is 16.6. The first-order chi connectivity index (χ1) is 8.85. The van der Waals surface area contributed by atoms with Crippen LogP contribution < -0.4 is 10.6 Å². The highest BCUT2D eigenvalue weighted by molar-refractivity contribution is 5.68. The van der Waals surface area contributed by atoms with Crippen LogP contribution in [0.3, 0.4) is 0 Å². The smallest absolute Gasteiger partial charge is 0.407 e. The SMILES string of the molecule is Cc1ncc([C@@H]2NCC[C@H]2NC(=O)OC(C)(C)C)[nH]1. The Morgan fingerprint density at radius 2 is 2.26 bits per heavy atom. The number of aromatic nitrogens is 2. The summed E-state index contributed by atoms with van der Waals surface area (Å²) < 4.78 is 5.29. The summed E-state index contributed by atoms with van der Waals surface area (Å²) in [6.45, 7) is 8.34. The summed E-state index contributed by atoms with van der Waals surface area (Å²) in [6, 6.07) is 0.0865. The number of aryl methyl sites for hydroxylation is 1. The van der Waals surface area contributed by atoms with Crippen molar-refractivity contribution in [2.24, 2.45) is 0 Å². The van der Waals surface area contributed by atoms with Crippen LogP contribution in [0.5, 0.6) is 0 Å². The minimum absolute atomic E-state index is 0.0229. The maximum atomic E-state index is 11.8. The van der Waals surface area contributed by atoms with Gasteiger partial charge in [-0.3, -0.25) is 0 Å². The molecule has 2 rings (SSSR count). The molecule has 3 N–H and O–H groups in total. The lowest BCUT2D eigenvalue weighted by Gasteiger charge is -2.24. The molecule has 2 heterocycles. The minimum atomic E-state index is -0.476. The van der Waals surface area contributed by atoms with E-state index in [-0.39, 0.29) is 18.2 Å². The van der Waals surface area contributed by atoms with Crippen LogP contribution in [0.15, 0.2) is 6.20 Å². The molecule has 0 unspecified atom stereocenters. The molecule has 1 aromatic heterocycles. The summed E-state index contributed by atoms with van der Waals surface area (Å²) in [5.74, 6) is 0.875. The first-order valence-corrected chi connectivity index (χ1v) is 6.59. The second kappa shape index (κ2) is 5.21. The molecule has 0 aliphatic carbocycles. The Morgan fingerprint density at radius 3 is 2.84 bits per heavy atom. The highest BCUT2D eigenvalue weighted by Gasteiger charge is 2.31. The van der Waals surface area contributed by atoms with Gasteiger partial charge in [0.1, 0.15) is 11.4 Å². The van der Waals surface area contributed by atoms with E-state index in [1.807, 2.05) is 33.9 Å². The third kappa shape index (κ3) is 3.70. The molecule has 1 aromatic rings. The summed E-state index contributed by atoms with van der Waals surface area (Å²) in [7, 11) is 0. The van der Waals surface area contributed by atoms with Crippen molar-refractivity contribution in [3.05, 3.63) is 17.7 Å².